The lowest BCUT2D eigenvalue weighted by Crippen LogP contribution is -2.07. The van der Waals surface area contributed by atoms with E-state index in [-0.39, 0.29) is 16.7 Å². The molecule has 5 heteroatoms. The molecule has 1 aromatic heterocycles. The summed E-state index contributed by atoms with van der Waals surface area (Å²) in [5, 5.41) is 12.9. The van der Waals surface area contributed by atoms with Gasteiger partial charge in [-0.2, -0.15) is 0 Å². The van der Waals surface area contributed by atoms with Gasteiger partial charge >= 0.3 is 5.97 Å². The van der Waals surface area contributed by atoms with E-state index < -0.39 is 5.97 Å². The second-order valence-electron chi connectivity index (χ2n) is 5.13. The van der Waals surface area contributed by atoms with E-state index in [0.29, 0.717) is 11.3 Å². The minimum Gasteiger partial charge on any atom is -0.477 e. The molecular weight excluding hydrogens is 258 g/mol. The molecule has 1 heterocycles. The fraction of sp³-hybridized carbons (Fsp3) is 0.267. The minimum absolute atomic E-state index is 0.0780. The van der Waals surface area contributed by atoms with Crippen LogP contribution in [0.4, 0.5) is 0 Å². The fourth-order valence-corrected chi connectivity index (χ4v) is 2.38. The smallest absolute Gasteiger partial charge is 0.341 e. The molecule has 0 spiro atoms. The van der Waals surface area contributed by atoms with E-state index in [1.807, 2.05) is 12.1 Å². The Morgan fingerprint density at radius 3 is 2.50 bits per heavy atom. The monoisotopic (exact) mass is 271 g/mol. The van der Waals surface area contributed by atoms with E-state index in [9.17, 15) is 14.7 Å². The Hall–Kier alpha value is -2.43. The minimum atomic E-state index is -1.06. The molecule has 2 aromatic rings. The van der Waals surface area contributed by atoms with Gasteiger partial charge in [0.1, 0.15) is 11.8 Å². The lowest BCUT2D eigenvalue weighted by molar-refractivity contribution is -0.109. The number of aromatic carboxylic acids is 1. The molecule has 0 aliphatic heterocycles. The van der Waals surface area contributed by atoms with Gasteiger partial charge in [0.2, 0.25) is 0 Å². The van der Waals surface area contributed by atoms with Crippen molar-refractivity contribution in [3.63, 3.8) is 0 Å². The molecule has 0 saturated heterocycles. The molecule has 0 atom stereocenters. The van der Waals surface area contributed by atoms with Crippen LogP contribution in [0.2, 0.25) is 0 Å². The summed E-state index contributed by atoms with van der Waals surface area (Å²) in [5.41, 5.74) is 1.71. The third kappa shape index (κ3) is 1.82. The number of carbonyl (C=O) groups is 2. The average molecular weight is 271 g/mol. The van der Waals surface area contributed by atoms with E-state index in [4.69, 9.17) is 4.52 Å². The molecule has 20 heavy (non-hydrogen) atoms. The lowest BCUT2D eigenvalue weighted by atomic mass is 9.95. The molecular formula is C15H13NO4. The predicted octanol–water partition coefficient (Wildman–Crippen LogP) is 2.58. The highest BCUT2D eigenvalue weighted by atomic mass is 16.5. The van der Waals surface area contributed by atoms with Gasteiger partial charge in [-0.15, -0.1) is 0 Å². The maximum Gasteiger partial charge on any atom is 0.341 e. The Kier molecular flexibility index (Phi) is 2.71. The first kappa shape index (κ1) is 12.6. The number of benzene rings is 1. The number of carboxylic acids is 1. The first-order valence-corrected chi connectivity index (χ1v) is 6.34. The molecule has 0 bridgehead atoms. The number of aryl methyl sites for hydroxylation is 1. The number of aromatic nitrogens is 1. The van der Waals surface area contributed by atoms with E-state index in [1.165, 1.54) is 0 Å². The Bertz CT molecular complexity index is 680. The van der Waals surface area contributed by atoms with Gasteiger partial charge in [-0.05, 0) is 25.3 Å². The van der Waals surface area contributed by atoms with Crippen LogP contribution in [0.15, 0.2) is 28.8 Å². The van der Waals surface area contributed by atoms with E-state index >= 15 is 0 Å². The van der Waals surface area contributed by atoms with Gasteiger partial charge in [0.05, 0.1) is 11.1 Å². The first-order chi connectivity index (χ1) is 9.57. The maximum atomic E-state index is 11.2. The van der Waals surface area contributed by atoms with E-state index in [1.54, 1.807) is 19.1 Å². The summed E-state index contributed by atoms with van der Waals surface area (Å²) in [6.07, 6.45) is 2.73. The van der Waals surface area contributed by atoms with Crippen molar-refractivity contribution in [3.8, 4) is 11.3 Å². The largest absolute Gasteiger partial charge is 0.477 e. The van der Waals surface area contributed by atoms with Crippen molar-refractivity contribution >= 4 is 12.3 Å². The summed E-state index contributed by atoms with van der Waals surface area (Å²) in [4.78, 5) is 22.3. The fourth-order valence-electron chi connectivity index (χ4n) is 2.38. The van der Waals surface area contributed by atoms with Gasteiger partial charge in [0.15, 0.2) is 5.76 Å². The van der Waals surface area contributed by atoms with E-state index in [2.05, 4.69) is 5.16 Å². The lowest BCUT2D eigenvalue weighted by Gasteiger charge is -2.07. The van der Waals surface area contributed by atoms with Crippen molar-refractivity contribution in [3.05, 3.63) is 41.1 Å². The third-order valence-corrected chi connectivity index (χ3v) is 3.81. The van der Waals surface area contributed by atoms with Crippen LogP contribution in [-0.4, -0.2) is 22.5 Å². The zero-order chi connectivity index (χ0) is 14.3. The number of hydrogen-bond acceptors (Lipinski definition) is 4. The number of rotatable bonds is 4. The maximum absolute atomic E-state index is 11.2. The van der Waals surface area contributed by atoms with Gasteiger partial charge in [-0.3, -0.25) is 0 Å². The van der Waals surface area contributed by atoms with Crippen LogP contribution in [0.25, 0.3) is 11.3 Å². The standard InChI is InChI=1S/C15H13NO4/c1-9-12(14(18)19)13(20-16-9)10-2-4-11(5-3-10)15(8-17)6-7-15/h2-5,8H,6-7H2,1H3,(H,18,19). The highest BCUT2D eigenvalue weighted by molar-refractivity contribution is 5.95. The topological polar surface area (TPSA) is 80.4 Å². The zero-order valence-corrected chi connectivity index (χ0v) is 10.9. The number of carboxylic acid groups (broad SMARTS) is 1. The molecule has 0 unspecified atom stereocenters. The number of carbonyl (C=O) groups excluding carboxylic acids is 1. The summed E-state index contributed by atoms with van der Waals surface area (Å²) < 4.78 is 5.11. The quantitative estimate of drug-likeness (QED) is 0.864. The number of hydrogen-bond donors (Lipinski definition) is 1. The Morgan fingerprint density at radius 2 is 2.00 bits per heavy atom. The molecule has 0 radical (unpaired) electrons. The zero-order valence-electron chi connectivity index (χ0n) is 10.9. The SMILES string of the molecule is Cc1noc(-c2ccc(C3(C=O)CC3)cc2)c1C(=O)O. The van der Waals surface area contributed by atoms with Crippen molar-refractivity contribution in [2.45, 2.75) is 25.2 Å². The van der Waals surface area contributed by atoms with Crippen LogP contribution in [-0.2, 0) is 10.2 Å². The summed E-state index contributed by atoms with van der Waals surface area (Å²) in [6, 6.07) is 7.23. The summed E-state index contributed by atoms with van der Waals surface area (Å²) in [5.74, 6) is -0.813. The van der Waals surface area contributed by atoms with Gasteiger partial charge in [-0.1, -0.05) is 29.4 Å². The van der Waals surface area contributed by atoms with Crippen LogP contribution < -0.4 is 0 Å². The molecule has 1 aliphatic carbocycles. The molecule has 1 saturated carbocycles. The van der Waals surface area contributed by atoms with Crippen LogP contribution in [0.1, 0.15) is 34.5 Å². The molecule has 102 valence electrons. The summed E-state index contributed by atoms with van der Waals surface area (Å²) in [7, 11) is 0. The van der Waals surface area contributed by atoms with E-state index in [0.717, 1.165) is 24.7 Å². The predicted molar refractivity (Wildman–Crippen MR) is 70.6 cm³/mol. The Labute approximate surface area is 115 Å². The molecule has 1 aromatic carbocycles. The van der Waals surface area contributed by atoms with Crippen molar-refractivity contribution in [1.29, 1.82) is 0 Å². The Morgan fingerprint density at radius 1 is 1.35 bits per heavy atom. The average Bonchev–Trinajstić information content (AvgIpc) is 3.15. The third-order valence-electron chi connectivity index (χ3n) is 3.81. The molecule has 0 amide bonds. The number of aldehydes is 1. The van der Waals surface area contributed by atoms with Crippen molar-refractivity contribution in [2.24, 2.45) is 0 Å². The van der Waals surface area contributed by atoms with Crippen LogP contribution >= 0.6 is 0 Å². The van der Waals surface area contributed by atoms with Crippen LogP contribution in [0.3, 0.4) is 0 Å². The van der Waals surface area contributed by atoms with Crippen molar-refractivity contribution in [1.82, 2.24) is 5.16 Å². The highest BCUT2D eigenvalue weighted by Crippen LogP contribution is 2.46. The van der Waals surface area contributed by atoms with Crippen LogP contribution in [0, 0.1) is 6.92 Å². The van der Waals surface area contributed by atoms with Gasteiger partial charge in [0.25, 0.3) is 0 Å². The molecule has 1 fully saturated rings. The normalized spacial score (nSPS) is 15.8. The second-order valence-corrected chi connectivity index (χ2v) is 5.13. The first-order valence-electron chi connectivity index (χ1n) is 6.34. The second kappa shape index (κ2) is 4.30. The number of nitrogens with zero attached hydrogens (tertiary/aromatic N) is 1. The van der Waals surface area contributed by atoms with Gasteiger partial charge < -0.3 is 14.4 Å². The summed E-state index contributed by atoms with van der Waals surface area (Å²) >= 11 is 0. The van der Waals surface area contributed by atoms with Gasteiger partial charge in [-0.25, -0.2) is 4.79 Å². The van der Waals surface area contributed by atoms with Crippen LogP contribution in [0.5, 0.6) is 0 Å². The molecule has 1 N–H and O–H groups in total. The molecule has 1 aliphatic rings. The van der Waals surface area contributed by atoms with Crippen molar-refractivity contribution in [2.75, 3.05) is 0 Å². The molecule has 3 rings (SSSR count). The molecule has 5 nitrogen and oxygen atoms in total. The summed E-state index contributed by atoms with van der Waals surface area (Å²) in [6.45, 7) is 1.59. The Balaban J connectivity index is 2.00. The van der Waals surface area contributed by atoms with Gasteiger partial charge in [0, 0.05) is 5.56 Å². The van der Waals surface area contributed by atoms with Crippen molar-refractivity contribution < 1.29 is 19.2 Å². The highest BCUT2D eigenvalue weighted by Gasteiger charge is 2.44.